The van der Waals surface area contributed by atoms with Crippen LogP contribution in [0.2, 0.25) is 5.02 Å². The van der Waals surface area contributed by atoms with Crippen molar-refractivity contribution in [3.8, 4) is 0 Å². The van der Waals surface area contributed by atoms with Crippen molar-refractivity contribution < 1.29 is 14.1 Å². The van der Waals surface area contributed by atoms with Gasteiger partial charge in [-0.05, 0) is 12.5 Å². The van der Waals surface area contributed by atoms with Crippen LogP contribution < -0.4 is 10.6 Å². The number of hydrogen-bond acceptors (Lipinski definition) is 4. The zero-order chi connectivity index (χ0) is 14.4. The minimum Gasteiger partial charge on any atom is -0.371 e. The standard InChI is InChI=1S/C11H13ClFN3O3/c1-2-3-14-11(17)6-15-9-4-7(12)8(13)5-10(9)16(18)19/h4-5,15H,2-3,6H2,1H3,(H,14,17). The smallest absolute Gasteiger partial charge is 0.295 e. The van der Waals surface area contributed by atoms with Crippen LogP contribution in [-0.2, 0) is 4.79 Å². The van der Waals surface area contributed by atoms with E-state index in [4.69, 9.17) is 11.6 Å². The number of amides is 1. The van der Waals surface area contributed by atoms with Crippen LogP contribution >= 0.6 is 11.6 Å². The van der Waals surface area contributed by atoms with Gasteiger partial charge in [-0.2, -0.15) is 0 Å². The minimum absolute atomic E-state index is 0.00282. The van der Waals surface area contributed by atoms with E-state index in [0.29, 0.717) is 12.6 Å². The summed E-state index contributed by atoms with van der Waals surface area (Å²) in [6, 6.07) is 1.80. The molecule has 1 amide bonds. The molecule has 6 nitrogen and oxygen atoms in total. The van der Waals surface area contributed by atoms with E-state index in [0.717, 1.165) is 12.5 Å². The third kappa shape index (κ3) is 4.36. The van der Waals surface area contributed by atoms with E-state index in [2.05, 4.69) is 10.6 Å². The molecule has 0 saturated heterocycles. The van der Waals surface area contributed by atoms with Crippen molar-refractivity contribution >= 4 is 28.9 Å². The Labute approximate surface area is 114 Å². The summed E-state index contributed by atoms with van der Waals surface area (Å²) in [5, 5.41) is 15.7. The van der Waals surface area contributed by atoms with E-state index in [1.165, 1.54) is 0 Å². The lowest BCUT2D eigenvalue weighted by Crippen LogP contribution is -2.30. The summed E-state index contributed by atoms with van der Waals surface area (Å²) >= 11 is 5.55. The van der Waals surface area contributed by atoms with Gasteiger partial charge in [-0.15, -0.1) is 0 Å². The molecular formula is C11H13ClFN3O3. The highest BCUT2D eigenvalue weighted by Crippen LogP contribution is 2.29. The molecular weight excluding hydrogens is 277 g/mol. The first-order valence-electron chi connectivity index (χ1n) is 5.59. The lowest BCUT2D eigenvalue weighted by Gasteiger charge is -2.08. The first-order valence-corrected chi connectivity index (χ1v) is 5.97. The zero-order valence-corrected chi connectivity index (χ0v) is 11.0. The third-order valence-electron chi connectivity index (χ3n) is 2.25. The lowest BCUT2D eigenvalue weighted by molar-refractivity contribution is -0.384. The van der Waals surface area contributed by atoms with Crippen molar-refractivity contribution in [2.24, 2.45) is 0 Å². The Bertz CT molecular complexity index is 496. The normalized spacial score (nSPS) is 10.1. The van der Waals surface area contributed by atoms with E-state index in [9.17, 15) is 19.3 Å². The van der Waals surface area contributed by atoms with Gasteiger partial charge in [-0.1, -0.05) is 18.5 Å². The number of nitrogens with one attached hydrogen (secondary N) is 2. The van der Waals surface area contributed by atoms with Crippen LogP contribution in [0.25, 0.3) is 0 Å². The van der Waals surface area contributed by atoms with Crippen LogP contribution in [0.5, 0.6) is 0 Å². The highest BCUT2D eigenvalue weighted by Gasteiger charge is 2.18. The largest absolute Gasteiger partial charge is 0.371 e. The summed E-state index contributed by atoms with van der Waals surface area (Å²) in [5.74, 6) is -1.19. The van der Waals surface area contributed by atoms with Gasteiger partial charge in [-0.3, -0.25) is 14.9 Å². The molecule has 19 heavy (non-hydrogen) atoms. The molecule has 0 heterocycles. The Morgan fingerprint density at radius 2 is 2.21 bits per heavy atom. The fourth-order valence-corrected chi connectivity index (χ4v) is 1.50. The number of anilines is 1. The maximum absolute atomic E-state index is 13.1. The molecule has 1 rings (SSSR count). The van der Waals surface area contributed by atoms with Crippen LogP contribution in [-0.4, -0.2) is 23.9 Å². The molecule has 1 aromatic carbocycles. The summed E-state index contributed by atoms with van der Waals surface area (Å²) in [5.41, 5.74) is -0.465. The molecule has 0 spiro atoms. The quantitative estimate of drug-likeness (QED) is 0.622. The van der Waals surface area contributed by atoms with Crippen molar-refractivity contribution in [1.29, 1.82) is 0 Å². The van der Waals surface area contributed by atoms with Gasteiger partial charge in [0.1, 0.15) is 11.5 Å². The Kier molecular flexibility index (Phi) is 5.50. The number of benzene rings is 1. The number of carbonyl (C=O) groups is 1. The van der Waals surface area contributed by atoms with Gasteiger partial charge in [0.05, 0.1) is 22.6 Å². The van der Waals surface area contributed by atoms with E-state index < -0.39 is 16.4 Å². The zero-order valence-electron chi connectivity index (χ0n) is 10.2. The Morgan fingerprint density at radius 3 is 2.79 bits per heavy atom. The summed E-state index contributed by atoms with van der Waals surface area (Å²) in [6.45, 7) is 2.27. The number of halogens is 2. The summed E-state index contributed by atoms with van der Waals surface area (Å²) in [7, 11) is 0. The first-order chi connectivity index (χ1) is 8.95. The minimum atomic E-state index is -0.880. The van der Waals surface area contributed by atoms with E-state index in [1.54, 1.807) is 0 Å². The van der Waals surface area contributed by atoms with Crippen molar-refractivity contribution in [3.05, 3.63) is 33.1 Å². The number of carbonyl (C=O) groups excluding carboxylic acids is 1. The first kappa shape index (κ1) is 15.2. The third-order valence-corrected chi connectivity index (χ3v) is 2.54. The molecule has 0 unspecified atom stereocenters. The Hall–Kier alpha value is -1.89. The van der Waals surface area contributed by atoms with E-state index >= 15 is 0 Å². The molecule has 104 valence electrons. The summed E-state index contributed by atoms with van der Waals surface area (Å²) < 4.78 is 13.1. The van der Waals surface area contributed by atoms with Gasteiger partial charge in [0.15, 0.2) is 0 Å². The number of rotatable bonds is 6. The molecule has 8 heteroatoms. The summed E-state index contributed by atoms with van der Waals surface area (Å²) in [6.07, 6.45) is 0.786. The fourth-order valence-electron chi connectivity index (χ4n) is 1.33. The van der Waals surface area contributed by atoms with Crippen LogP contribution in [0.1, 0.15) is 13.3 Å². The summed E-state index contributed by atoms with van der Waals surface area (Å²) in [4.78, 5) is 21.4. The number of nitro benzene ring substituents is 1. The monoisotopic (exact) mass is 289 g/mol. The van der Waals surface area contributed by atoms with E-state index in [-0.39, 0.29) is 23.2 Å². The van der Waals surface area contributed by atoms with Crippen LogP contribution in [0, 0.1) is 15.9 Å². The fraction of sp³-hybridized carbons (Fsp3) is 0.364. The highest BCUT2D eigenvalue weighted by atomic mass is 35.5. The van der Waals surface area contributed by atoms with E-state index in [1.807, 2.05) is 6.92 Å². The Morgan fingerprint density at radius 1 is 1.53 bits per heavy atom. The second kappa shape index (κ2) is 6.89. The van der Waals surface area contributed by atoms with Crippen molar-refractivity contribution in [2.75, 3.05) is 18.4 Å². The van der Waals surface area contributed by atoms with Crippen LogP contribution in [0.3, 0.4) is 0 Å². The molecule has 0 aliphatic heterocycles. The number of nitrogens with zero attached hydrogens (tertiary/aromatic N) is 1. The molecule has 0 fully saturated rings. The van der Waals surface area contributed by atoms with Gasteiger partial charge < -0.3 is 10.6 Å². The maximum atomic E-state index is 13.1. The molecule has 0 aliphatic rings. The molecule has 0 saturated carbocycles. The predicted molar refractivity (Wildman–Crippen MR) is 69.9 cm³/mol. The molecule has 0 atom stereocenters. The Balaban J connectivity index is 2.79. The van der Waals surface area contributed by atoms with Gasteiger partial charge >= 0.3 is 0 Å². The van der Waals surface area contributed by atoms with Gasteiger partial charge in [0.25, 0.3) is 5.69 Å². The number of hydrogen-bond donors (Lipinski definition) is 2. The SMILES string of the molecule is CCCNC(=O)CNc1cc(Cl)c(F)cc1[N+](=O)[O-]. The molecule has 0 aliphatic carbocycles. The molecule has 0 radical (unpaired) electrons. The van der Waals surface area contributed by atoms with Crippen molar-refractivity contribution in [2.45, 2.75) is 13.3 Å². The highest BCUT2D eigenvalue weighted by molar-refractivity contribution is 6.31. The molecule has 1 aromatic rings. The lowest BCUT2D eigenvalue weighted by atomic mass is 10.2. The van der Waals surface area contributed by atoms with Gasteiger partial charge in [-0.25, -0.2) is 4.39 Å². The predicted octanol–water partition coefficient (Wildman–Crippen LogP) is 2.33. The topological polar surface area (TPSA) is 84.3 Å². The molecule has 2 N–H and O–H groups in total. The second-order valence-corrected chi connectivity index (χ2v) is 4.15. The second-order valence-electron chi connectivity index (χ2n) is 3.74. The molecule has 0 aromatic heterocycles. The van der Waals surface area contributed by atoms with Gasteiger partial charge in [0.2, 0.25) is 5.91 Å². The average Bonchev–Trinajstić information content (AvgIpc) is 2.36. The maximum Gasteiger partial charge on any atom is 0.295 e. The van der Waals surface area contributed by atoms with Crippen LogP contribution in [0.4, 0.5) is 15.8 Å². The van der Waals surface area contributed by atoms with Crippen LogP contribution in [0.15, 0.2) is 12.1 Å². The van der Waals surface area contributed by atoms with Gasteiger partial charge in [0, 0.05) is 6.54 Å². The molecule has 0 bridgehead atoms. The van der Waals surface area contributed by atoms with Crippen molar-refractivity contribution in [1.82, 2.24) is 5.32 Å². The van der Waals surface area contributed by atoms with Crippen molar-refractivity contribution in [3.63, 3.8) is 0 Å². The number of nitro groups is 1. The average molecular weight is 290 g/mol.